The molecule has 0 saturated heterocycles. The maximum Gasteiger partial charge on any atom is 0.249 e. The lowest BCUT2D eigenvalue weighted by atomic mass is 10.3. The van der Waals surface area contributed by atoms with Crippen molar-refractivity contribution in [1.29, 1.82) is 0 Å². The fourth-order valence-corrected chi connectivity index (χ4v) is 2.58. The molecular weight excluding hydrogens is 366 g/mol. The molecule has 0 saturated carbocycles. The van der Waals surface area contributed by atoms with Crippen molar-refractivity contribution in [3.05, 3.63) is 53.7 Å². The van der Waals surface area contributed by atoms with Gasteiger partial charge in [0.25, 0.3) is 0 Å². The van der Waals surface area contributed by atoms with Crippen molar-refractivity contribution in [3.63, 3.8) is 0 Å². The first-order chi connectivity index (χ1) is 13.0. The van der Waals surface area contributed by atoms with E-state index in [0.717, 1.165) is 17.1 Å². The van der Waals surface area contributed by atoms with Crippen LogP contribution in [0.2, 0.25) is 5.02 Å². The van der Waals surface area contributed by atoms with Gasteiger partial charge in [0, 0.05) is 11.4 Å². The molecule has 0 spiro atoms. The molecule has 0 amide bonds. The van der Waals surface area contributed by atoms with Crippen molar-refractivity contribution in [3.8, 4) is 11.5 Å². The standard InChI is InChI=1S/C19H20ClN5O2/c1-12(2)27-15-7-4-13(5-8-15)23-19-24-18(11-21-25-19)22-14-6-9-17(26-3)16(20)10-14/h4-12H,1-3H3,(H2,22,23,24,25). The first kappa shape index (κ1) is 18.7. The van der Waals surface area contributed by atoms with Crippen LogP contribution in [0.5, 0.6) is 11.5 Å². The van der Waals surface area contributed by atoms with E-state index in [-0.39, 0.29) is 6.10 Å². The number of ether oxygens (including phenoxy) is 2. The van der Waals surface area contributed by atoms with Crippen LogP contribution in [0.25, 0.3) is 0 Å². The third-order valence-electron chi connectivity index (χ3n) is 3.47. The van der Waals surface area contributed by atoms with Gasteiger partial charge in [-0.2, -0.15) is 10.1 Å². The molecule has 1 aromatic heterocycles. The normalized spacial score (nSPS) is 10.6. The summed E-state index contributed by atoms with van der Waals surface area (Å²) in [6.07, 6.45) is 1.66. The summed E-state index contributed by atoms with van der Waals surface area (Å²) in [6, 6.07) is 12.9. The lowest BCUT2D eigenvalue weighted by Gasteiger charge is -2.11. The van der Waals surface area contributed by atoms with Crippen LogP contribution in [0, 0.1) is 0 Å². The fourth-order valence-electron chi connectivity index (χ4n) is 2.33. The van der Waals surface area contributed by atoms with E-state index in [1.165, 1.54) is 6.20 Å². The van der Waals surface area contributed by atoms with Gasteiger partial charge in [0.1, 0.15) is 11.5 Å². The van der Waals surface area contributed by atoms with Gasteiger partial charge in [0.15, 0.2) is 5.82 Å². The van der Waals surface area contributed by atoms with Crippen molar-refractivity contribution in [1.82, 2.24) is 15.2 Å². The molecule has 3 aromatic rings. The van der Waals surface area contributed by atoms with Gasteiger partial charge in [-0.1, -0.05) is 11.6 Å². The van der Waals surface area contributed by atoms with Crippen LogP contribution >= 0.6 is 11.6 Å². The highest BCUT2D eigenvalue weighted by atomic mass is 35.5. The largest absolute Gasteiger partial charge is 0.495 e. The van der Waals surface area contributed by atoms with Gasteiger partial charge in [-0.15, -0.1) is 5.10 Å². The predicted molar refractivity (Wildman–Crippen MR) is 107 cm³/mol. The average Bonchev–Trinajstić information content (AvgIpc) is 2.63. The highest BCUT2D eigenvalue weighted by Gasteiger charge is 2.06. The van der Waals surface area contributed by atoms with Crippen LogP contribution in [0.4, 0.5) is 23.1 Å². The minimum Gasteiger partial charge on any atom is -0.495 e. The Morgan fingerprint density at radius 1 is 1.00 bits per heavy atom. The molecule has 2 aromatic carbocycles. The van der Waals surface area contributed by atoms with E-state index in [9.17, 15) is 0 Å². The lowest BCUT2D eigenvalue weighted by molar-refractivity contribution is 0.242. The summed E-state index contributed by atoms with van der Waals surface area (Å²) in [6.45, 7) is 3.97. The zero-order valence-electron chi connectivity index (χ0n) is 15.2. The summed E-state index contributed by atoms with van der Waals surface area (Å²) >= 11 is 6.14. The van der Waals surface area contributed by atoms with Crippen molar-refractivity contribution >= 4 is 34.7 Å². The van der Waals surface area contributed by atoms with Gasteiger partial charge in [-0.3, -0.25) is 0 Å². The average molecular weight is 386 g/mol. The zero-order valence-corrected chi connectivity index (χ0v) is 16.0. The first-order valence-electron chi connectivity index (χ1n) is 8.37. The van der Waals surface area contributed by atoms with Gasteiger partial charge in [0.05, 0.1) is 24.4 Å². The molecule has 1 heterocycles. The molecule has 0 aliphatic heterocycles. The number of hydrogen-bond acceptors (Lipinski definition) is 7. The molecule has 0 aliphatic rings. The summed E-state index contributed by atoms with van der Waals surface area (Å²) in [5.41, 5.74) is 1.60. The number of aromatic nitrogens is 3. The maximum absolute atomic E-state index is 6.14. The monoisotopic (exact) mass is 385 g/mol. The Balaban J connectivity index is 1.69. The molecule has 2 N–H and O–H groups in total. The summed E-state index contributed by atoms with van der Waals surface area (Å²) in [4.78, 5) is 4.40. The van der Waals surface area contributed by atoms with E-state index in [0.29, 0.717) is 22.5 Å². The third kappa shape index (κ3) is 5.21. The Hall–Kier alpha value is -3.06. The smallest absolute Gasteiger partial charge is 0.249 e. The second-order valence-electron chi connectivity index (χ2n) is 5.96. The number of rotatable bonds is 7. The quantitative estimate of drug-likeness (QED) is 0.604. The number of nitrogens with one attached hydrogen (secondary N) is 2. The maximum atomic E-state index is 6.14. The highest BCUT2D eigenvalue weighted by Crippen LogP contribution is 2.28. The number of nitrogens with zero attached hydrogens (tertiary/aromatic N) is 3. The Kier molecular flexibility index (Phi) is 5.93. The molecule has 140 valence electrons. The van der Waals surface area contributed by atoms with E-state index in [1.807, 2.05) is 44.2 Å². The van der Waals surface area contributed by atoms with Crippen LogP contribution in [-0.4, -0.2) is 28.4 Å². The van der Waals surface area contributed by atoms with Crippen LogP contribution in [0.15, 0.2) is 48.7 Å². The molecule has 0 fully saturated rings. The second kappa shape index (κ2) is 8.55. The summed E-state index contributed by atoms with van der Waals surface area (Å²) in [5.74, 6) is 2.32. The third-order valence-corrected chi connectivity index (χ3v) is 3.76. The van der Waals surface area contributed by atoms with Crippen LogP contribution in [0.1, 0.15) is 13.8 Å². The minimum absolute atomic E-state index is 0.130. The molecule has 0 unspecified atom stereocenters. The Morgan fingerprint density at radius 2 is 1.74 bits per heavy atom. The fraction of sp³-hybridized carbons (Fsp3) is 0.211. The first-order valence-corrected chi connectivity index (χ1v) is 8.75. The summed E-state index contributed by atoms with van der Waals surface area (Å²) in [7, 11) is 1.57. The number of benzene rings is 2. The Labute approximate surface area is 162 Å². The van der Waals surface area contributed by atoms with E-state index in [2.05, 4.69) is 25.8 Å². The van der Waals surface area contributed by atoms with Gasteiger partial charge in [-0.25, -0.2) is 0 Å². The summed E-state index contributed by atoms with van der Waals surface area (Å²) in [5, 5.41) is 14.7. The van der Waals surface area contributed by atoms with E-state index in [4.69, 9.17) is 21.1 Å². The van der Waals surface area contributed by atoms with Gasteiger partial charge in [0.2, 0.25) is 5.95 Å². The van der Waals surface area contributed by atoms with E-state index in [1.54, 1.807) is 19.2 Å². The molecule has 0 radical (unpaired) electrons. The van der Waals surface area contributed by atoms with Gasteiger partial charge >= 0.3 is 0 Å². The molecular formula is C19H20ClN5O2. The SMILES string of the molecule is COc1ccc(Nc2cnnc(Nc3ccc(OC(C)C)cc3)n2)cc1Cl. The van der Waals surface area contributed by atoms with E-state index < -0.39 is 0 Å². The molecule has 8 heteroatoms. The number of anilines is 4. The molecule has 27 heavy (non-hydrogen) atoms. The molecule has 0 aliphatic carbocycles. The second-order valence-corrected chi connectivity index (χ2v) is 6.36. The van der Waals surface area contributed by atoms with Crippen molar-refractivity contribution in [2.24, 2.45) is 0 Å². The zero-order chi connectivity index (χ0) is 19.2. The molecule has 0 bridgehead atoms. The Morgan fingerprint density at radius 3 is 2.41 bits per heavy atom. The van der Waals surface area contributed by atoms with Crippen molar-refractivity contribution in [2.75, 3.05) is 17.7 Å². The van der Waals surface area contributed by atoms with Crippen molar-refractivity contribution < 1.29 is 9.47 Å². The van der Waals surface area contributed by atoms with Crippen LogP contribution < -0.4 is 20.1 Å². The molecule has 0 atom stereocenters. The molecule has 3 rings (SSSR count). The minimum atomic E-state index is 0.130. The van der Waals surface area contributed by atoms with E-state index >= 15 is 0 Å². The van der Waals surface area contributed by atoms with Crippen LogP contribution in [-0.2, 0) is 0 Å². The van der Waals surface area contributed by atoms with Crippen LogP contribution in [0.3, 0.4) is 0 Å². The van der Waals surface area contributed by atoms with Crippen molar-refractivity contribution in [2.45, 2.75) is 20.0 Å². The predicted octanol–water partition coefficient (Wildman–Crippen LogP) is 4.81. The van der Waals surface area contributed by atoms with Gasteiger partial charge in [-0.05, 0) is 56.3 Å². The molecule has 7 nitrogen and oxygen atoms in total. The Bertz CT molecular complexity index is 903. The topological polar surface area (TPSA) is 81.2 Å². The number of methoxy groups -OCH3 is 1. The highest BCUT2D eigenvalue weighted by molar-refractivity contribution is 6.32. The van der Waals surface area contributed by atoms with Gasteiger partial charge < -0.3 is 20.1 Å². The summed E-state index contributed by atoms with van der Waals surface area (Å²) < 4.78 is 10.8. The number of halogens is 1. The lowest BCUT2D eigenvalue weighted by Crippen LogP contribution is -2.05. The number of hydrogen-bond donors (Lipinski definition) is 2.